The van der Waals surface area contributed by atoms with Crippen LogP contribution in [-0.4, -0.2) is 19.1 Å². The second-order valence-electron chi connectivity index (χ2n) is 5.95. The van der Waals surface area contributed by atoms with Crippen LogP contribution < -0.4 is 9.64 Å². The summed E-state index contributed by atoms with van der Waals surface area (Å²) in [5.74, 6) is -0.365. The molecule has 2 unspecified atom stereocenters. The van der Waals surface area contributed by atoms with Gasteiger partial charge in [0, 0.05) is 12.0 Å². The Morgan fingerprint density at radius 2 is 1.96 bits per heavy atom. The number of benzene rings is 2. The van der Waals surface area contributed by atoms with E-state index in [9.17, 15) is 13.6 Å². The van der Waals surface area contributed by atoms with Crippen LogP contribution in [0.1, 0.15) is 17.9 Å². The molecule has 118 valence electrons. The van der Waals surface area contributed by atoms with Crippen LogP contribution in [0.4, 0.5) is 14.5 Å². The van der Waals surface area contributed by atoms with E-state index in [4.69, 9.17) is 4.74 Å². The van der Waals surface area contributed by atoms with Gasteiger partial charge in [0.2, 0.25) is 5.91 Å². The average Bonchev–Trinajstić information content (AvgIpc) is 3.34. The molecule has 4 rings (SSSR count). The summed E-state index contributed by atoms with van der Waals surface area (Å²) in [5, 5.41) is 0. The molecule has 2 aliphatic rings. The molecular formula is C18H15F2NO2. The van der Waals surface area contributed by atoms with Crippen molar-refractivity contribution in [3.63, 3.8) is 0 Å². The number of amides is 1. The van der Waals surface area contributed by atoms with Gasteiger partial charge in [-0.2, -0.15) is 0 Å². The minimum Gasteiger partial charge on any atom is -0.489 e. The van der Waals surface area contributed by atoms with Crippen LogP contribution >= 0.6 is 0 Å². The third-order valence-corrected chi connectivity index (χ3v) is 4.44. The summed E-state index contributed by atoms with van der Waals surface area (Å²) in [6, 6.07) is 10.6. The zero-order chi connectivity index (χ0) is 16.0. The number of hydrogen-bond acceptors (Lipinski definition) is 2. The molecule has 0 spiro atoms. The second kappa shape index (κ2) is 5.33. The van der Waals surface area contributed by atoms with E-state index in [1.165, 1.54) is 24.3 Å². The number of ether oxygens (including phenoxy) is 1. The van der Waals surface area contributed by atoms with Crippen molar-refractivity contribution in [2.24, 2.45) is 5.92 Å². The first-order chi connectivity index (χ1) is 11.1. The maximum atomic E-state index is 13.3. The molecule has 2 aromatic rings. The molecule has 1 heterocycles. The van der Waals surface area contributed by atoms with E-state index in [0.29, 0.717) is 24.6 Å². The highest BCUT2D eigenvalue weighted by Gasteiger charge is 2.46. The van der Waals surface area contributed by atoms with E-state index in [-0.39, 0.29) is 29.4 Å². The Hall–Kier alpha value is -2.43. The van der Waals surface area contributed by atoms with Crippen molar-refractivity contribution >= 4 is 11.6 Å². The quantitative estimate of drug-likeness (QED) is 0.849. The fourth-order valence-corrected chi connectivity index (χ4v) is 3.20. The zero-order valence-electron chi connectivity index (χ0n) is 12.3. The van der Waals surface area contributed by atoms with E-state index in [0.717, 1.165) is 12.0 Å². The van der Waals surface area contributed by atoms with Crippen LogP contribution in [0.2, 0.25) is 0 Å². The monoisotopic (exact) mass is 315 g/mol. The normalized spacial score (nSPS) is 22.3. The molecule has 1 aliphatic heterocycles. The highest BCUT2D eigenvalue weighted by atomic mass is 19.1. The molecule has 3 nitrogen and oxygen atoms in total. The number of hydrogen-bond donors (Lipinski definition) is 0. The molecule has 1 aliphatic carbocycles. The lowest BCUT2D eigenvalue weighted by Gasteiger charge is -2.29. The fourth-order valence-electron chi connectivity index (χ4n) is 3.20. The van der Waals surface area contributed by atoms with Crippen molar-refractivity contribution in [3.8, 4) is 5.75 Å². The van der Waals surface area contributed by atoms with Crippen molar-refractivity contribution < 1.29 is 18.3 Å². The van der Waals surface area contributed by atoms with Crippen molar-refractivity contribution in [2.75, 3.05) is 18.1 Å². The number of rotatable bonds is 2. The van der Waals surface area contributed by atoms with Crippen molar-refractivity contribution in [2.45, 2.75) is 12.3 Å². The molecule has 1 saturated carbocycles. The predicted octanol–water partition coefficient (Wildman–Crippen LogP) is 3.49. The second-order valence-corrected chi connectivity index (χ2v) is 5.95. The summed E-state index contributed by atoms with van der Waals surface area (Å²) in [6.07, 6.45) is 0.718. The van der Waals surface area contributed by atoms with E-state index < -0.39 is 0 Å². The lowest BCUT2D eigenvalue weighted by molar-refractivity contribution is -0.120. The molecule has 5 heteroatoms. The van der Waals surface area contributed by atoms with Gasteiger partial charge in [-0.25, -0.2) is 8.78 Å². The highest BCUT2D eigenvalue weighted by Crippen LogP contribution is 2.49. The molecule has 1 fully saturated rings. The van der Waals surface area contributed by atoms with Gasteiger partial charge in [-0.15, -0.1) is 0 Å². The average molecular weight is 315 g/mol. The molecule has 2 aromatic carbocycles. The largest absolute Gasteiger partial charge is 0.489 e. The van der Waals surface area contributed by atoms with Crippen molar-refractivity contribution in [3.05, 3.63) is 59.7 Å². The third kappa shape index (κ3) is 2.56. The van der Waals surface area contributed by atoms with Gasteiger partial charge in [-0.3, -0.25) is 4.79 Å². The summed E-state index contributed by atoms with van der Waals surface area (Å²) in [7, 11) is 0. The van der Waals surface area contributed by atoms with Crippen LogP contribution in [0, 0.1) is 17.6 Å². The molecule has 23 heavy (non-hydrogen) atoms. The summed E-state index contributed by atoms with van der Waals surface area (Å²) >= 11 is 0. The molecule has 1 amide bonds. The van der Waals surface area contributed by atoms with Crippen LogP contribution in [0.25, 0.3) is 0 Å². The van der Waals surface area contributed by atoms with Gasteiger partial charge < -0.3 is 9.64 Å². The third-order valence-electron chi connectivity index (χ3n) is 4.44. The maximum Gasteiger partial charge on any atom is 0.230 e. The Morgan fingerprint density at radius 3 is 2.78 bits per heavy atom. The molecular weight excluding hydrogens is 300 g/mol. The first kappa shape index (κ1) is 14.2. The van der Waals surface area contributed by atoms with Gasteiger partial charge >= 0.3 is 0 Å². The summed E-state index contributed by atoms with van der Waals surface area (Å²) < 4.78 is 32.1. The van der Waals surface area contributed by atoms with Crippen LogP contribution in [0.5, 0.6) is 5.75 Å². The minimum absolute atomic E-state index is 0.00424. The smallest absolute Gasteiger partial charge is 0.230 e. The zero-order valence-corrected chi connectivity index (χ0v) is 12.3. The number of fused-ring (bicyclic) bond motifs is 1. The molecule has 0 N–H and O–H groups in total. The summed E-state index contributed by atoms with van der Waals surface area (Å²) in [5.41, 5.74) is 1.46. The van der Waals surface area contributed by atoms with Gasteiger partial charge in [0.25, 0.3) is 0 Å². The number of carbonyl (C=O) groups is 1. The van der Waals surface area contributed by atoms with Crippen molar-refractivity contribution in [1.29, 1.82) is 0 Å². The molecule has 0 bridgehead atoms. The number of carbonyl (C=O) groups excluding carboxylic acids is 1. The lowest BCUT2D eigenvalue weighted by atomic mass is 10.1. The summed E-state index contributed by atoms with van der Waals surface area (Å²) in [6.45, 7) is 0.795. The maximum absolute atomic E-state index is 13.3. The van der Waals surface area contributed by atoms with E-state index >= 15 is 0 Å². The van der Waals surface area contributed by atoms with Crippen LogP contribution in [0.15, 0.2) is 42.5 Å². The topological polar surface area (TPSA) is 29.5 Å². The van der Waals surface area contributed by atoms with Gasteiger partial charge in [-0.05, 0) is 42.2 Å². The Balaban J connectivity index is 1.56. The molecule has 2 atom stereocenters. The Labute approximate surface area is 132 Å². The van der Waals surface area contributed by atoms with Crippen LogP contribution in [0.3, 0.4) is 0 Å². The van der Waals surface area contributed by atoms with Gasteiger partial charge in [-0.1, -0.05) is 12.1 Å². The standard InChI is InChI=1S/C18H15F2NO2/c19-12-3-1-2-11(8-12)14-10-15(14)18(22)21-6-7-23-17-9-13(20)4-5-16(17)21/h1-5,8-9,14-15H,6-7,10H2. The predicted molar refractivity (Wildman–Crippen MR) is 81.5 cm³/mol. The van der Waals surface area contributed by atoms with Gasteiger partial charge in [0.05, 0.1) is 12.2 Å². The molecule has 0 radical (unpaired) electrons. The Bertz CT molecular complexity index is 777. The fraction of sp³-hybridized carbons (Fsp3) is 0.278. The number of anilines is 1. The summed E-state index contributed by atoms with van der Waals surface area (Å²) in [4.78, 5) is 14.4. The van der Waals surface area contributed by atoms with Gasteiger partial charge in [0.1, 0.15) is 24.0 Å². The van der Waals surface area contributed by atoms with E-state index in [1.54, 1.807) is 17.0 Å². The minimum atomic E-state index is -0.387. The van der Waals surface area contributed by atoms with Gasteiger partial charge in [0.15, 0.2) is 0 Å². The lowest BCUT2D eigenvalue weighted by Crippen LogP contribution is -2.39. The van der Waals surface area contributed by atoms with Crippen molar-refractivity contribution in [1.82, 2.24) is 0 Å². The van der Waals surface area contributed by atoms with E-state index in [2.05, 4.69) is 0 Å². The Kier molecular flexibility index (Phi) is 3.29. The van der Waals surface area contributed by atoms with E-state index in [1.807, 2.05) is 6.07 Å². The number of halogens is 2. The SMILES string of the molecule is O=C(C1CC1c1cccc(F)c1)N1CCOc2cc(F)ccc21. The Morgan fingerprint density at radius 1 is 1.13 bits per heavy atom. The highest BCUT2D eigenvalue weighted by molar-refractivity contribution is 5.99. The first-order valence-corrected chi connectivity index (χ1v) is 7.62. The number of nitrogens with zero attached hydrogens (tertiary/aromatic N) is 1. The molecule has 0 saturated heterocycles. The molecule has 0 aromatic heterocycles. The first-order valence-electron chi connectivity index (χ1n) is 7.62. The van der Waals surface area contributed by atoms with Crippen LogP contribution in [-0.2, 0) is 4.79 Å².